The number of esters is 1. The molecule has 4 rings (SSSR count). The van der Waals surface area contributed by atoms with E-state index in [2.05, 4.69) is 42.9 Å². The SMILES string of the molecule is O=C(Oc1ccc(-c2ccc(Br)cc2)cc1)C1CCN(c2ncccn2)CC1. The van der Waals surface area contributed by atoms with Crippen molar-refractivity contribution in [2.24, 2.45) is 5.92 Å². The van der Waals surface area contributed by atoms with Gasteiger partial charge in [0.1, 0.15) is 5.75 Å². The van der Waals surface area contributed by atoms with Crippen molar-refractivity contribution >= 4 is 27.8 Å². The van der Waals surface area contributed by atoms with Crippen LogP contribution >= 0.6 is 15.9 Å². The van der Waals surface area contributed by atoms with E-state index in [0.717, 1.165) is 47.5 Å². The first kappa shape index (κ1) is 18.6. The van der Waals surface area contributed by atoms with Gasteiger partial charge in [0.05, 0.1) is 5.92 Å². The molecule has 0 radical (unpaired) electrons. The molecule has 3 aromatic rings. The van der Waals surface area contributed by atoms with Crippen LogP contribution in [0, 0.1) is 5.92 Å². The van der Waals surface area contributed by atoms with Gasteiger partial charge in [-0.25, -0.2) is 9.97 Å². The zero-order chi connectivity index (χ0) is 19.3. The molecule has 0 bridgehead atoms. The predicted octanol–water partition coefficient (Wildman–Crippen LogP) is 4.73. The molecule has 0 amide bonds. The molecule has 1 aliphatic heterocycles. The Morgan fingerprint density at radius 2 is 1.50 bits per heavy atom. The summed E-state index contributed by atoms with van der Waals surface area (Å²) in [4.78, 5) is 23.2. The second-order valence-electron chi connectivity index (χ2n) is 6.76. The van der Waals surface area contributed by atoms with E-state index in [-0.39, 0.29) is 11.9 Å². The second kappa shape index (κ2) is 8.52. The summed E-state index contributed by atoms with van der Waals surface area (Å²) in [6.07, 6.45) is 4.96. The molecule has 2 heterocycles. The number of ether oxygens (including phenoxy) is 1. The summed E-state index contributed by atoms with van der Waals surface area (Å²) in [5, 5.41) is 0. The molecule has 1 aromatic heterocycles. The van der Waals surface area contributed by atoms with Crippen molar-refractivity contribution in [1.82, 2.24) is 9.97 Å². The lowest BCUT2D eigenvalue weighted by Gasteiger charge is -2.30. The Balaban J connectivity index is 1.33. The summed E-state index contributed by atoms with van der Waals surface area (Å²) in [7, 11) is 0. The van der Waals surface area contributed by atoms with E-state index in [1.807, 2.05) is 36.4 Å². The molecule has 0 saturated carbocycles. The molecule has 1 aliphatic rings. The van der Waals surface area contributed by atoms with Crippen molar-refractivity contribution < 1.29 is 9.53 Å². The van der Waals surface area contributed by atoms with Crippen molar-refractivity contribution in [2.45, 2.75) is 12.8 Å². The highest BCUT2D eigenvalue weighted by molar-refractivity contribution is 9.10. The first-order valence-corrected chi connectivity index (χ1v) is 10.1. The molecule has 28 heavy (non-hydrogen) atoms. The van der Waals surface area contributed by atoms with Gasteiger partial charge in [-0.05, 0) is 54.3 Å². The topological polar surface area (TPSA) is 55.3 Å². The fourth-order valence-corrected chi connectivity index (χ4v) is 3.59. The van der Waals surface area contributed by atoms with Gasteiger partial charge in [-0.3, -0.25) is 4.79 Å². The summed E-state index contributed by atoms with van der Waals surface area (Å²) in [6.45, 7) is 1.51. The van der Waals surface area contributed by atoms with Crippen LogP contribution in [0.5, 0.6) is 5.75 Å². The van der Waals surface area contributed by atoms with Crippen LogP contribution < -0.4 is 9.64 Å². The monoisotopic (exact) mass is 437 g/mol. The lowest BCUT2D eigenvalue weighted by molar-refractivity contribution is -0.139. The number of aromatic nitrogens is 2. The summed E-state index contributed by atoms with van der Waals surface area (Å²) in [6, 6.07) is 17.6. The average molecular weight is 438 g/mol. The first-order valence-electron chi connectivity index (χ1n) is 9.29. The highest BCUT2D eigenvalue weighted by atomic mass is 79.9. The minimum Gasteiger partial charge on any atom is -0.426 e. The minimum atomic E-state index is -0.162. The van der Waals surface area contributed by atoms with Crippen molar-refractivity contribution in [3.05, 3.63) is 71.5 Å². The lowest BCUT2D eigenvalue weighted by Crippen LogP contribution is -2.38. The third-order valence-corrected chi connectivity index (χ3v) is 5.44. The number of carbonyl (C=O) groups is 1. The summed E-state index contributed by atoms with van der Waals surface area (Å²) in [5.41, 5.74) is 2.21. The van der Waals surface area contributed by atoms with E-state index in [9.17, 15) is 4.79 Å². The van der Waals surface area contributed by atoms with Gasteiger partial charge in [-0.15, -0.1) is 0 Å². The third kappa shape index (κ3) is 4.39. The van der Waals surface area contributed by atoms with Gasteiger partial charge in [0.15, 0.2) is 0 Å². The van der Waals surface area contributed by atoms with Crippen LogP contribution in [0.15, 0.2) is 71.5 Å². The van der Waals surface area contributed by atoms with Gasteiger partial charge in [0.2, 0.25) is 5.95 Å². The Morgan fingerprint density at radius 3 is 2.11 bits per heavy atom. The van der Waals surface area contributed by atoms with Crippen LogP contribution in [0.3, 0.4) is 0 Å². The number of rotatable bonds is 4. The maximum atomic E-state index is 12.5. The van der Waals surface area contributed by atoms with Crippen LogP contribution in [0.4, 0.5) is 5.95 Å². The molecule has 142 valence electrons. The van der Waals surface area contributed by atoms with Gasteiger partial charge in [-0.1, -0.05) is 40.2 Å². The maximum Gasteiger partial charge on any atom is 0.314 e. The number of halogens is 1. The lowest BCUT2D eigenvalue weighted by atomic mass is 9.97. The van der Waals surface area contributed by atoms with Crippen LogP contribution in [-0.2, 0) is 4.79 Å². The number of carbonyl (C=O) groups excluding carboxylic acids is 1. The highest BCUT2D eigenvalue weighted by Gasteiger charge is 2.27. The maximum absolute atomic E-state index is 12.5. The van der Waals surface area contributed by atoms with Gasteiger partial charge in [-0.2, -0.15) is 0 Å². The molecule has 0 N–H and O–H groups in total. The molecule has 5 nitrogen and oxygen atoms in total. The van der Waals surface area contributed by atoms with E-state index in [4.69, 9.17) is 4.74 Å². The Hall–Kier alpha value is -2.73. The normalized spacial score (nSPS) is 14.7. The van der Waals surface area contributed by atoms with Crippen LogP contribution in [-0.4, -0.2) is 29.0 Å². The summed E-state index contributed by atoms with van der Waals surface area (Å²) >= 11 is 3.44. The molecule has 0 atom stereocenters. The molecular formula is C22H20BrN3O2. The van der Waals surface area contributed by atoms with Crippen LogP contribution in [0.1, 0.15) is 12.8 Å². The predicted molar refractivity (Wildman–Crippen MR) is 112 cm³/mol. The van der Waals surface area contributed by atoms with Gasteiger partial charge >= 0.3 is 5.97 Å². The Morgan fingerprint density at radius 1 is 0.929 bits per heavy atom. The molecule has 0 aliphatic carbocycles. The van der Waals surface area contributed by atoms with E-state index >= 15 is 0 Å². The number of piperidine rings is 1. The quantitative estimate of drug-likeness (QED) is 0.436. The number of benzene rings is 2. The van der Waals surface area contributed by atoms with E-state index in [1.54, 1.807) is 18.5 Å². The van der Waals surface area contributed by atoms with Crippen molar-refractivity contribution in [1.29, 1.82) is 0 Å². The van der Waals surface area contributed by atoms with Crippen LogP contribution in [0.25, 0.3) is 11.1 Å². The highest BCUT2D eigenvalue weighted by Crippen LogP contribution is 2.26. The standard InChI is InChI=1S/C22H20BrN3O2/c23-19-6-2-16(3-7-19)17-4-8-20(9-5-17)28-21(27)18-10-14-26(15-11-18)22-24-12-1-13-25-22/h1-9,12-13,18H,10-11,14-15H2. The van der Waals surface area contributed by atoms with Gasteiger partial charge in [0.25, 0.3) is 0 Å². The number of nitrogens with zero attached hydrogens (tertiary/aromatic N) is 3. The first-order chi connectivity index (χ1) is 13.7. The smallest absolute Gasteiger partial charge is 0.314 e. The molecule has 0 unspecified atom stereocenters. The fourth-order valence-electron chi connectivity index (χ4n) is 3.33. The molecule has 6 heteroatoms. The fraction of sp³-hybridized carbons (Fsp3) is 0.227. The number of anilines is 1. The molecule has 1 fully saturated rings. The number of hydrogen-bond acceptors (Lipinski definition) is 5. The zero-order valence-corrected chi connectivity index (χ0v) is 16.9. The largest absolute Gasteiger partial charge is 0.426 e. The van der Waals surface area contributed by atoms with Gasteiger partial charge < -0.3 is 9.64 Å². The summed E-state index contributed by atoms with van der Waals surface area (Å²) in [5.74, 6) is 1.05. The van der Waals surface area contributed by atoms with Crippen molar-refractivity contribution in [2.75, 3.05) is 18.0 Å². The molecule has 0 spiro atoms. The average Bonchev–Trinajstić information content (AvgIpc) is 2.76. The molecule has 2 aromatic carbocycles. The van der Waals surface area contributed by atoms with E-state index < -0.39 is 0 Å². The Bertz CT molecular complexity index is 922. The molecule has 1 saturated heterocycles. The van der Waals surface area contributed by atoms with Crippen molar-refractivity contribution in [3.8, 4) is 16.9 Å². The third-order valence-electron chi connectivity index (χ3n) is 4.91. The number of hydrogen-bond donors (Lipinski definition) is 0. The Labute approximate surface area is 172 Å². The summed E-state index contributed by atoms with van der Waals surface area (Å²) < 4.78 is 6.66. The van der Waals surface area contributed by atoms with E-state index in [0.29, 0.717) is 5.75 Å². The minimum absolute atomic E-state index is 0.0916. The van der Waals surface area contributed by atoms with Gasteiger partial charge in [0, 0.05) is 30.0 Å². The van der Waals surface area contributed by atoms with Crippen molar-refractivity contribution in [3.63, 3.8) is 0 Å². The Kier molecular flexibility index (Phi) is 5.67. The van der Waals surface area contributed by atoms with E-state index in [1.165, 1.54) is 0 Å². The second-order valence-corrected chi connectivity index (χ2v) is 7.68. The zero-order valence-electron chi connectivity index (χ0n) is 15.3. The van der Waals surface area contributed by atoms with Crippen LogP contribution in [0.2, 0.25) is 0 Å². The molecular weight excluding hydrogens is 418 g/mol.